The van der Waals surface area contributed by atoms with Gasteiger partial charge in [0.1, 0.15) is 0 Å². The zero-order valence-electron chi connectivity index (χ0n) is 29.8. The second kappa shape index (κ2) is 13.1. The lowest BCUT2D eigenvalue weighted by Crippen LogP contribution is -2.11. The van der Waals surface area contributed by atoms with Gasteiger partial charge < -0.3 is 4.90 Å². The molecule has 0 aliphatic rings. The first kappa shape index (κ1) is 32.0. The molecule has 0 unspecified atom stereocenters. The highest BCUT2D eigenvalue weighted by atomic mass is 32.1. The third kappa shape index (κ3) is 5.51. The van der Waals surface area contributed by atoms with E-state index in [9.17, 15) is 0 Å². The van der Waals surface area contributed by atoms with Gasteiger partial charge >= 0.3 is 0 Å². The average Bonchev–Trinajstić information content (AvgIpc) is 3.82. The van der Waals surface area contributed by atoms with Crippen LogP contribution in [0, 0.1) is 0 Å². The third-order valence-corrected chi connectivity index (χ3v) is 13.1. The van der Waals surface area contributed by atoms with Gasteiger partial charge in [0.05, 0.1) is 5.69 Å². The minimum atomic E-state index is 1.11. The Balaban J connectivity index is 1.10. The van der Waals surface area contributed by atoms with Crippen LogP contribution in [0.3, 0.4) is 0 Å². The molecule has 0 radical (unpaired) electrons. The molecule has 0 atom stereocenters. The van der Waals surface area contributed by atoms with Gasteiger partial charge in [0, 0.05) is 57.3 Å². The summed E-state index contributed by atoms with van der Waals surface area (Å²) in [5, 5.41) is 7.75. The van der Waals surface area contributed by atoms with Gasteiger partial charge in [-0.3, -0.25) is 0 Å². The van der Waals surface area contributed by atoms with Crippen LogP contribution in [0.4, 0.5) is 17.1 Å². The smallest absolute Gasteiger partial charge is 0.0540 e. The van der Waals surface area contributed by atoms with Crippen molar-refractivity contribution < 1.29 is 0 Å². The fourth-order valence-electron chi connectivity index (χ4n) is 8.25. The summed E-state index contributed by atoms with van der Waals surface area (Å²) in [4.78, 5) is 2.45. The molecule has 9 aromatic carbocycles. The van der Waals surface area contributed by atoms with E-state index in [2.05, 4.69) is 205 Å². The third-order valence-electron chi connectivity index (χ3n) is 10.9. The molecule has 0 N–H and O–H groups in total. The van der Waals surface area contributed by atoms with E-state index in [-0.39, 0.29) is 0 Å². The van der Waals surface area contributed by atoms with E-state index < -0.39 is 0 Å². The van der Waals surface area contributed by atoms with Gasteiger partial charge in [0.25, 0.3) is 0 Å². The molecule has 0 amide bonds. The lowest BCUT2D eigenvalue weighted by Gasteiger charge is -2.29. The standard InChI is InChI=1S/C52H33NS2/c1-2-18-41-34(12-1)13-11-22-42(41)37-15-10-17-40(31-37)53(39-16-9-14-35(30-39)36-26-28-46-44-20-4-7-24-49(44)55-52(46)33-36)48-23-6-3-19-43(48)38-27-29-51-47(32-38)45-21-5-8-25-50(45)54-51/h1-33H. The molecule has 11 aromatic rings. The van der Waals surface area contributed by atoms with E-state index in [4.69, 9.17) is 0 Å². The van der Waals surface area contributed by atoms with Crippen LogP contribution in [-0.2, 0) is 0 Å². The van der Waals surface area contributed by atoms with Crippen LogP contribution in [0.2, 0.25) is 0 Å². The van der Waals surface area contributed by atoms with Crippen LogP contribution in [-0.4, -0.2) is 0 Å². The Morgan fingerprint density at radius 3 is 1.65 bits per heavy atom. The normalized spacial score (nSPS) is 11.6. The first-order valence-electron chi connectivity index (χ1n) is 18.7. The first-order valence-corrected chi connectivity index (χ1v) is 20.3. The van der Waals surface area contributed by atoms with Gasteiger partial charge in [-0.25, -0.2) is 0 Å². The van der Waals surface area contributed by atoms with Crippen molar-refractivity contribution in [2.45, 2.75) is 0 Å². The summed E-state index contributed by atoms with van der Waals surface area (Å²) in [5.41, 5.74) is 10.6. The molecule has 0 fully saturated rings. The molecule has 0 saturated heterocycles. The van der Waals surface area contributed by atoms with Gasteiger partial charge in [-0.1, -0.05) is 140 Å². The lowest BCUT2D eigenvalue weighted by atomic mass is 9.96. The Kier molecular flexibility index (Phi) is 7.61. The number of thiophene rings is 2. The highest BCUT2D eigenvalue weighted by Gasteiger charge is 2.20. The van der Waals surface area contributed by atoms with Crippen molar-refractivity contribution in [3.8, 4) is 33.4 Å². The quantitative estimate of drug-likeness (QED) is 0.164. The Hall–Kier alpha value is -6.52. The molecule has 2 heterocycles. The molecule has 0 aliphatic heterocycles. The Labute approximate surface area is 327 Å². The second-order valence-electron chi connectivity index (χ2n) is 14.1. The van der Waals surface area contributed by atoms with Gasteiger partial charge in [0.2, 0.25) is 0 Å². The lowest BCUT2D eigenvalue weighted by molar-refractivity contribution is 1.28. The summed E-state index contributed by atoms with van der Waals surface area (Å²) in [6, 6.07) is 73.6. The fourth-order valence-corrected chi connectivity index (χ4v) is 10.5. The molecule has 0 spiro atoms. The summed E-state index contributed by atoms with van der Waals surface area (Å²) < 4.78 is 5.27. The van der Waals surface area contributed by atoms with Crippen molar-refractivity contribution >= 4 is 90.9 Å². The number of anilines is 3. The molecule has 3 heteroatoms. The Morgan fingerprint density at radius 1 is 0.291 bits per heavy atom. The summed E-state index contributed by atoms with van der Waals surface area (Å²) in [6.45, 7) is 0. The van der Waals surface area contributed by atoms with Crippen molar-refractivity contribution in [3.05, 3.63) is 200 Å². The van der Waals surface area contributed by atoms with Gasteiger partial charge in [-0.2, -0.15) is 0 Å². The fraction of sp³-hybridized carbons (Fsp3) is 0. The highest BCUT2D eigenvalue weighted by molar-refractivity contribution is 7.26. The van der Waals surface area contributed by atoms with Crippen LogP contribution in [0.25, 0.3) is 84.5 Å². The molecule has 0 aliphatic carbocycles. The molecule has 11 rings (SSSR count). The van der Waals surface area contributed by atoms with Crippen LogP contribution >= 0.6 is 22.7 Å². The maximum absolute atomic E-state index is 2.45. The largest absolute Gasteiger partial charge is 0.310 e. The number of hydrogen-bond donors (Lipinski definition) is 0. The highest BCUT2D eigenvalue weighted by Crippen LogP contribution is 2.45. The summed E-state index contributed by atoms with van der Waals surface area (Å²) >= 11 is 3.73. The zero-order valence-corrected chi connectivity index (χ0v) is 31.4. The van der Waals surface area contributed by atoms with Crippen LogP contribution in [0.1, 0.15) is 0 Å². The van der Waals surface area contributed by atoms with Crippen molar-refractivity contribution in [1.82, 2.24) is 0 Å². The zero-order chi connectivity index (χ0) is 36.3. The molecular weight excluding hydrogens is 703 g/mol. The van der Waals surface area contributed by atoms with Crippen molar-refractivity contribution in [2.24, 2.45) is 0 Å². The summed E-state index contributed by atoms with van der Waals surface area (Å²) in [7, 11) is 0. The van der Waals surface area contributed by atoms with Crippen LogP contribution in [0.15, 0.2) is 200 Å². The SMILES string of the molecule is c1cc(-c2ccc3c(c2)sc2ccccc23)cc(N(c2cccc(-c3cccc4ccccc34)c2)c2ccccc2-c2ccc3sc4ccccc4c3c2)c1. The molecule has 0 bridgehead atoms. The van der Waals surface area contributed by atoms with E-state index in [0.717, 1.165) is 17.1 Å². The predicted octanol–water partition coefficient (Wildman–Crippen LogP) is 16.0. The summed E-state index contributed by atoms with van der Waals surface area (Å²) in [5.74, 6) is 0. The minimum Gasteiger partial charge on any atom is -0.310 e. The topological polar surface area (TPSA) is 3.24 Å². The Bertz CT molecular complexity index is 3230. The van der Waals surface area contributed by atoms with E-state index in [1.165, 1.54) is 84.5 Å². The maximum atomic E-state index is 2.45. The van der Waals surface area contributed by atoms with Gasteiger partial charge in [0.15, 0.2) is 0 Å². The van der Waals surface area contributed by atoms with Crippen molar-refractivity contribution in [2.75, 3.05) is 4.90 Å². The molecule has 0 saturated carbocycles. The van der Waals surface area contributed by atoms with Crippen molar-refractivity contribution in [1.29, 1.82) is 0 Å². The molecule has 55 heavy (non-hydrogen) atoms. The van der Waals surface area contributed by atoms with E-state index in [1.54, 1.807) is 0 Å². The average molecular weight is 736 g/mol. The van der Waals surface area contributed by atoms with E-state index >= 15 is 0 Å². The number of fused-ring (bicyclic) bond motifs is 7. The maximum Gasteiger partial charge on any atom is 0.0540 e. The van der Waals surface area contributed by atoms with E-state index in [1.807, 2.05) is 22.7 Å². The number of nitrogens with zero attached hydrogens (tertiary/aromatic N) is 1. The number of rotatable bonds is 6. The molecule has 258 valence electrons. The first-order chi connectivity index (χ1) is 27.2. The van der Waals surface area contributed by atoms with Crippen LogP contribution in [0.5, 0.6) is 0 Å². The predicted molar refractivity (Wildman–Crippen MR) is 241 cm³/mol. The number of para-hydroxylation sites is 1. The minimum absolute atomic E-state index is 1.11. The monoisotopic (exact) mass is 735 g/mol. The summed E-state index contributed by atoms with van der Waals surface area (Å²) in [6.07, 6.45) is 0. The van der Waals surface area contributed by atoms with Crippen LogP contribution < -0.4 is 4.90 Å². The molecular formula is C52H33NS2. The second-order valence-corrected chi connectivity index (χ2v) is 16.3. The molecule has 2 aromatic heterocycles. The van der Waals surface area contributed by atoms with E-state index in [0.29, 0.717) is 0 Å². The Morgan fingerprint density at radius 2 is 0.818 bits per heavy atom. The van der Waals surface area contributed by atoms with Crippen molar-refractivity contribution in [3.63, 3.8) is 0 Å². The van der Waals surface area contributed by atoms with Gasteiger partial charge in [-0.15, -0.1) is 22.7 Å². The molecule has 1 nitrogen and oxygen atoms in total. The van der Waals surface area contributed by atoms with Gasteiger partial charge in [-0.05, 0) is 99.3 Å². The number of benzene rings is 9. The number of hydrogen-bond acceptors (Lipinski definition) is 3.